The molecule has 0 spiro atoms. The minimum absolute atomic E-state index is 0.00142. The second-order valence-corrected chi connectivity index (χ2v) is 8.26. The molecule has 2 heterocycles. The van der Waals surface area contributed by atoms with Crippen molar-refractivity contribution in [2.45, 2.75) is 57.9 Å². The molecule has 0 radical (unpaired) electrons. The summed E-state index contributed by atoms with van der Waals surface area (Å²) in [6, 6.07) is 7.54. The van der Waals surface area contributed by atoms with Crippen molar-refractivity contribution in [3.63, 3.8) is 0 Å². The molecular formula is C24H32N2O4. The fraction of sp³-hybridized carbons (Fsp3) is 0.583. The molecular weight excluding hydrogens is 380 g/mol. The third-order valence-electron chi connectivity index (χ3n) is 6.31. The summed E-state index contributed by atoms with van der Waals surface area (Å²) in [6.45, 7) is 4.95. The molecule has 1 aromatic rings. The highest BCUT2D eigenvalue weighted by molar-refractivity contribution is 6.35. The highest BCUT2D eigenvalue weighted by Crippen LogP contribution is 2.36. The van der Waals surface area contributed by atoms with Crippen LogP contribution in [0.2, 0.25) is 0 Å². The molecule has 4 rings (SSSR count). The number of ether oxygens (including phenoxy) is 2. The van der Waals surface area contributed by atoms with Crippen LogP contribution in [0.3, 0.4) is 0 Å². The number of hydrogen-bond donors (Lipinski definition) is 0. The van der Waals surface area contributed by atoms with Gasteiger partial charge in [-0.15, -0.1) is 0 Å². The molecule has 1 aromatic carbocycles. The summed E-state index contributed by atoms with van der Waals surface area (Å²) in [4.78, 5) is 30.9. The Morgan fingerprint density at radius 2 is 1.57 bits per heavy atom. The Morgan fingerprint density at radius 1 is 0.933 bits per heavy atom. The molecule has 0 bridgehead atoms. The van der Waals surface area contributed by atoms with E-state index < -0.39 is 0 Å². The lowest BCUT2D eigenvalue weighted by molar-refractivity contribution is -0.141. The van der Waals surface area contributed by atoms with Crippen molar-refractivity contribution in [3.05, 3.63) is 35.5 Å². The van der Waals surface area contributed by atoms with E-state index in [4.69, 9.17) is 9.47 Å². The number of morpholine rings is 1. The molecule has 6 nitrogen and oxygen atoms in total. The van der Waals surface area contributed by atoms with E-state index in [1.807, 2.05) is 36.1 Å². The summed E-state index contributed by atoms with van der Waals surface area (Å²) in [5, 5.41) is 0. The van der Waals surface area contributed by atoms with E-state index >= 15 is 0 Å². The van der Waals surface area contributed by atoms with Crippen LogP contribution >= 0.6 is 0 Å². The van der Waals surface area contributed by atoms with Gasteiger partial charge in [0.15, 0.2) is 0 Å². The summed E-state index contributed by atoms with van der Waals surface area (Å²) in [7, 11) is 0. The first-order valence-corrected chi connectivity index (χ1v) is 11.4. The average Bonchev–Trinajstić information content (AvgIpc) is 3.00. The highest BCUT2D eigenvalue weighted by Gasteiger charge is 2.44. The van der Waals surface area contributed by atoms with Gasteiger partial charge in [-0.3, -0.25) is 14.5 Å². The third kappa shape index (κ3) is 4.24. The number of nitrogens with zero attached hydrogens (tertiary/aromatic N) is 2. The van der Waals surface area contributed by atoms with Crippen LogP contribution in [0.1, 0.15) is 57.4 Å². The summed E-state index contributed by atoms with van der Waals surface area (Å²) in [6.07, 6.45) is 7.59. The highest BCUT2D eigenvalue weighted by atomic mass is 16.5. The number of imide groups is 1. The number of hydrogen-bond acceptors (Lipinski definition) is 5. The molecule has 1 aliphatic carbocycles. The lowest BCUT2D eigenvalue weighted by Gasteiger charge is -2.31. The van der Waals surface area contributed by atoms with Gasteiger partial charge < -0.3 is 14.4 Å². The number of carbonyl (C=O) groups excluding carboxylic acids is 2. The van der Waals surface area contributed by atoms with E-state index in [9.17, 15) is 9.59 Å². The van der Waals surface area contributed by atoms with E-state index in [-0.39, 0.29) is 17.9 Å². The number of rotatable bonds is 5. The first-order chi connectivity index (χ1) is 14.7. The minimum atomic E-state index is -0.142. The zero-order chi connectivity index (χ0) is 20.9. The Kier molecular flexibility index (Phi) is 6.72. The zero-order valence-electron chi connectivity index (χ0n) is 17.9. The van der Waals surface area contributed by atoms with Gasteiger partial charge >= 0.3 is 0 Å². The SMILES string of the molecule is CCOc1ccc(C2=C(N3CCOCC3)C(=O)N(C3CCCCCCC3)C2=O)cc1. The average molecular weight is 413 g/mol. The zero-order valence-corrected chi connectivity index (χ0v) is 17.9. The van der Waals surface area contributed by atoms with Crippen molar-refractivity contribution in [2.24, 2.45) is 0 Å². The van der Waals surface area contributed by atoms with Crippen molar-refractivity contribution >= 4 is 17.4 Å². The topological polar surface area (TPSA) is 59.1 Å². The smallest absolute Gasteiger partial charge is 0.278 e. The predicted molar refractivity (Wildman–Crippen MR) is 115 cm³/mol. The number of carbonyl (C=O) groups is 2. The lowest BCUT2D eigenvalue weighted by atomic mass is 9.95. The minimum Gasteiger partial charge on any atom is -0.494 e. The predicted octanol–water partition coefficient (Wildman–Crippen LogP) is 3.61. The Morgan fingerprint density at radius 3 is 2.20 bits per heavy atom. The maximum absolute atomic E-state index is 13.6. The van der Waals surface area contributed by atoms with Crippen LogP contribution in [-0.2, 0) is 14.3 Å². The monoisotopic (exact) mass is 412 g/mol. The molecule has 2 amide bonds. The van der Waals surface area contributed by atoms with E-state index in [0.29, 0.717) is 44.2 Å². The van der Waals surface area contributed by atoms with Gasteiger partial charge in [0.2, 0.25) is 0 Å². The van der Waals surface area contributed by atoms with E-state index in [1.54, 1.807) is 4.90 Å². The van der Waals surface area contributed by atoms with Crippen LogP contribution in [0, 0.1) is 0 Å². The van der Waals surface area contributed by atoms with E-state index in [1.165, 1.54) is 19.3 Å². The Labute approximate surface area is 178 Å². The summed E-state index contributed by atoms with van der Waals surface area (Å²) in [5.74, 6) is 0.496. The summed E-state index contributed by atoms with van der Waals surface area (Å²) < 4.78 is 11.0. The molecule has 3 aliphatic rings. The maximum Gasteiger partial charge on any atom is 0.278 e. The van der Waals surface area contributed by atoms with Crippen LogP contribution < -0.4 is 4.74 Å². The second-order valence-electron chi connectivity index (χ2n) is 8.26. The fourth-order valence-corrected chi connectivity index (χ4v) is 4.78. The van der Waals surface area contributed by atoms with Gasteiger partial charge in [-0.25, -0.2) is 0 Å². The van der Waals surface area contributed by atoms with Crippen molar-refractivity contribution in [1.82, 2.24) is 9.80 Å². The van der Waals surface area contributed by atoms with Crippen molar-refractivity contribution < 1.29 is 19.1 Å². The van der Waals surface area contributed by atoms with Crippen molar-refractivity contribution in [3.8, 4) is 5.75 Å². The van der Waals surface area contributed by atoms with Crippen LogP contribution in [-0.4, -0.2) is 60.6 Å². The molecule has 6 heteroatoms. The standard InChI is InChI=1S/C24H32N2O4/c1-2-30-20-12-10-18(11-13-20)21-22(25-14-16-29-17-15-25)24(28)26(23(21)27)19-8-6-4-3-5-7-9-19/h10-13,19H,2-9,14-17H2,1H3. The van der Waals surface area contributed by atoms with Gasteiger partial charge in [-0.2, -0.15) is 0 Å². The molecule has 162 valence electrons. The van der Waals surface area contributed by atoms with E-state index in [0.717, 1.165) is 37.0 Å². The van der Waals surface area contributed by atoms with Gasteiger partial charge in [0, 0.05) is 19.1 Å². The molecule has 2 aliphatic heterocycles. The van der Waals surface area contributed by atoms with E-state index in [2.05, 4.69) is 0 Å². The first-order valence-electron chi connectivity index (χ1n) is 11.4. The molecule has 0 aromatic heterocycles. The van der Waals surface area contributed by atoms with Crippen LogP contribution in [0.5, 0.6) is 5.75 Å². The van der Waals surface area contributed by atoms with Gasteiger partial charge in [0.1, 0.15) is 11.4 Å². The molecule has 30 heavy (non-hydrogen) atoms. The van der Waals surface area contributed by atoms with Gasteiger partial charge in [-0.05, 0) is 37.5 Å². The van der Waals surface area contributed by atoms with Crippen molar-refractivity contribution in [1.29, 1.82) is 0 Å². The molecule has 2 fully saturated rings. The van der Waals surface area contributed by atoms with Gasteiger partial charge in [0.05, 0.1) is 25.4 Å². The number of amides is 2. The van der Waals surface area contributed by atoms with Crippen LogP contribution in [0.15, 0.2) is 30.0 Å². The molecule has 1 saturated carbocycles. The lowest BCUT2D eigenvalue weighted by Crippen LogP contribution is -2.44. The Bertz CT molecular complexity index is 788. The second kappa shape index (κ2) is 9.65. The van der Waals surface area contributed by atoms with Gasteiger partial charge in [0.25, 0.3) is 11.8 Å². The summed E-state index contributed by atoms with van der Waals surface area (Å²) in [5.41, 5.74) is 1.87. The Hall–Kier alpha value is -2.34. The maximum atomic E-state index is 13.6. The third-order valence-corrected chi connectivity index (χ3v) is 6.31. The normalized spacial score (nSPS) is 21.8. The van der Waals surface area contributed by atoms with Crippen LogP contribution in [0.4, 0.5) is 0 Å². The molecule has 0 atom stereocenters. The summed E-state index contributed by atoms with van der Waals surface area (Å²) >= 11 is 0. The quantitative estimate of drug-likeness (QED) is 0.692. The van der Waals surface area contributed by atoms with Gasteiger partial charge in [-0.1, -0.05) is 44.2 Å². The Balaban J connectivity index is 1.68. The van der Waals surface area contributed by atoms with Crippen molar-refractivity contribution in [2.75, 3.05) is 32.9 Å². The molecule has 1 saturated heterocycles. The largest absolute Gasteiger partial charge is 0.494 e. The molecule has 0 N–H and O–H groups in total. The number of benzene rings is 1. The first kappa shape index (κ1) is 20.9. The van der Waals surface area contributed by atoms with Crippen LogP contribution in [0.25, 0.3) is 5.57 Å². The fourth-order valence-electron chi connectivity index (χ4n) is 4.78. The molecule has 0 unspecified atom stereocenters.